The first-order valence-corrected chi connectivity index (χ1v) is 11.8. The fraction of sp³-hybridized carbons (Fsp3) is 0.111. The lowest BCUT2D eigenvalue weighted by atomic mass is 10.2. The molecule has 0 saturated carbocycles. The van der Waals surface area contributed by atoms with Crippen molar-refractivity contribution in [2.75, 3.05) is 6.79 Å². The first kappa shape index (κ1) is 20.9. The maximum Gasteiger partial charge on any atom is 0.265 e. The van der Waals surface area contributed by atoms with Gasteiger partial charge in [0, 0.05) is 5.02 Å². The van der Waals surface area contributed by atoms with Crippen LogP contribution in [0, 0.1) is 0 Å². The number of fused-ring (bicyclic) bond motifs is 5. The number of hydrogen-bond acceptors (Lipinski definition) is 6. The van der Waals surface area contributed by atoms with Crippen LogP contribution in [0.5, 0.6) is 11.5 Å². The maximum atomic E-state index is 13.7. The summed E-state index contributed by atoms with van der Waals surface area (Å²) < 4.78 is 14.5. The highest BCUT2D eigenvalue weighted by Crippen LogP contribution is 2.33. The lowest BCUT2D eigenvalue weighted by Gasteiger charge is -2.09. The Kier molecular flexibility index (Phi) is 4.68. The summed E-state index contributed by atoms with van der Waals surface area (Å²) in [5, 5.41) is 1.09. The summed E-state index contributed by atoms with van der Waals surface area (Å²) >= 11 is 6.02. The van der Waals surface area contributed by atoms with Crippen LogP contribution in [0.15, 0.2) is 77.9 Å². The monoisotopic (exact) mass is 495 g/mol. The van der Waals surface area contributed by atoms with Gasteiger partial charge in [-0.2, -0.15) is 0 Å². The van der Waals surface area contributed by atoms with Crippen LogP contribution in [0.1, 0.15) is 11.1 Å². The number of benzene rings is 3. The molecule has 0 radical (unpaired) electrons. The lowest BCUT2D eigenvalue weighted by Crippen LogP contribution is -2.21. The van der Waals surface area contributed by atoms with Crippen molar-refractivity contribution in [3.05, 3.63) is 99.6 Å². The molecule has 7 rings (SSSR count). The van der Waals surface area contributed by atoms with E-state index >= 15 is 0 Å². The third kappa shape index (κ3) is 3.37. The van der Waals surface area contributed by atoms with Crippen LogP contribution in [-0.2, 0) is 13.1 Å². The molecule has 0 aliphatic carbocycles. The molecule has 0 spiro atoms. The summed E-state index contributed by atoms with van der Waals surface area (Å²) in [5.41, 5.74) is 4.90. The summed E-state index contributed by atoms with van der Waals surface area (Å²) in [4.78, 5) is 28.2. The summed E-state index contributed by atoms with van der Waals surface area (Å²) in [7, 11) is 0. The lowest BCUT2D eigenvalue weighted by molar-refractivity contribution is 0.174. The minimum Gasteiger partial charge on any atom is -0.454 e. The number of para-hydroxylation sites is 2. The molecule has 9 heteroatoms. The van der Waals surface area contributed by atoms with Crippen molar-refractivity contribution in [3.8, 4) is 11.5 Å². The molecular weight excluding hydrogens is 478 g/mol. The van der Waals surface area contributed by atoms with E-state index in [-0.39, 0.29) is 12.4 Å². The van der Waals surface area contributed by atoms with Gasteiger partial charge in [-0.25, -0.2) is 15.0 Å². The molecule has 1 aliphatic rings. The summed E-state index contributed by atoms with van der Waals surface area (Å²) in [5.74, 6) is 1.41. The van der Waals surface area contributed by atoms with Gasteiger partial charge in [0.15, 0.2) is 22.8 Å². The van der Waals surface area contributed by atoms with E-state index in [4.69, 9.17) is 36.0 Å². The molecule has 8 nitrogen and oxygen atoms in total. The Morgan fingerprint density at radius 1 is 0.833 bits per heavy atom. The van der Waals surface area contributed by atoms with Crippen molar-refractivity contribution in [2.24, 2.45) is 0 Å². The Balaban J connectivity index is 1.44. The molecule has 6 aromatic rings. The Morgan fingerprint density at radius 2 is 1.58 bits per heavy atom. The highest BCUT2D eigenvalue weighted by molar-refractivity contribution is 6.30. The average molecular weight is 496 g/mol. The van der Waals surface area contributed by atoms with E-state index in [2.05, 4.69) is 0 Å². The molecule has 0 atom stereocenters. The molecule has 176 valence electrons. The number of rotatable bonds is 4. The van der Waals surface area contributed by atoms with Crippen molar-refractivity contribution in [3.63, 3.8) is 0 Å². The third-order valence-corrected chi connectivity index (χ3v) is 6.61. The fourth-order valence-corrected chi connectivity index (χ4v) is 4.74. The molecule has 4 heterocycles. The highest BCUT2D eigenvalue weighted by atomic mass is 35.5. The van der Waals surface area contributed by atoms with Crippen molar-refractivity contribution in [1.82, 2.24) is 24.1 Å². The van der Waals surface area contributed by atoms with Gasteiger partial charge in [0.05, 0.1) is 24.1 Å². The van der Waals surface area contributed by atoms with Gasteiger partial charge in [-0.05, 0) is 47.5 Å². The predicted molar refractivity (Wildman–Crippen MR) is 137 cm³/mol. The second-order valence-electron chi connectivity index (χ2n) is 8.66. The zero-order valence-corrected chi connectivity index (χ0v) is 19.6. The molecule has 3 aromatic heterocycles. The second-order valence-corrected chi connectivity index (χ2v) is 9.10. The van der Waals surface area contributed by atoms with Crippen LogP contribution in [0.3, 0.4) is 0 Å². The molecule has 0 saturated heterocycles. The van der Waals surface area contributed by atoms with Gasteiger partial charge in [-0.15, -0.1) is 0 Å². The molecule has 0 amide bonds. The van der Waals surface area contributed by atoms with Crippen LogP contribution in [0.2, 0.25) is 5.02 Å². The fourth-order valence-electron chi connectivity index (χ4n) is 4.61. The van der Waals surface area contributed by atoms with E-state index in [0.717, 1.165) is 27.9 Å². The summed E-state index contributed by atoms with van der Waals surface area (Å²) in [6, 6.07) is 20.9. The molecule has 0 bridgehead atoms. The minimum atomic E-state index is -0.172. The van der Waals surface area contributed by atoms with Crippen LogP contribution in [0.4, 0.5) is 0 Å². The van der Waals surface area contributed by atoms with Crippen LogP contribution in [0.25, 0.3) is 33.2 Å². The van der Waals surface area contributed by atoms with E-state index in [9.17, 15) is 4.79 Å². The van der Waals surface area contributed by atoms with Gasteiger partial charge in [0.2, 0.25) is 6.79 Å². The molecule has 36 heavy (non-hydrogen) atoms. The first-order valence-electron chi connectivity index (χ1n) is 11.4. The Labute approximate surface area is 209 Å². The maximum absolute atomic E-state index is 13.7. The smallest absolute Gasteiger partial charge is 0.265 e. The van der Waals surface area contributed by atoms with Crippen LogP contribution in [-0.4, -0.2) is 30.9 Å². The molecule has 3 aromatic carbocycles. The number of ether oxygens (including phenoxy) is 2. The van der Waals surface area contributed by atoms with Crippen LogP contribution < -0.4 is 15.0 Å². The highest BCUT2D eigenvalue weighted by Gasteiger charge is 2.21. The van der Waals surface area contributed by atoms with Gasteiger partial charge in [0.25, 0.3) is 5.56 Å². The normalized spacial score (nSPS) is 12.7. The zero-order valence-electron chi connectivity index (χ0n) is 18.9. The SMILES string of the molecule is O=c1c2c3nc4ccccc4nc3n(Cc3ccc4c(c3)OCO4)c2ncn1Cc1ccc(Cl)cc1. The van der Waals surface area contributed by atoms with Gasteiger partial charge in [0.1, 0.15) is 17.2 Å². The Morgan fingerprint density at radius 3 is 2.42 bits per heavy atom. The van der Waals surface area contributed by atoms with Crippen molar-refractivity contribution < 1.29 is 9.47 Å². The third-order valence-electron chi connectivity index (χ3n) is 6.36. The number of halogens is 1. The number of hydrogen-bond donors (Lipinski definition) is 0. The Hall–Kier alpha value is -4.43. The average Bonchev–Trinajstić information content (AvgIpc) is 3.48. The minimum absolute atomic E-state index is 0.172. The molecule has 0 N–H and O–H groups in total. The van der Waals surface area contributed by atoms with Crippen molar-refractivity contribution >= 4 is 44.8 Å². The van der Waals surface area contributed by atoms with E-state index in [1.165, 1.54) is 0 Å². The van der Waals surface area contributed by atoms with E-state index in [0.29, 0.717) is 46.1 Å². The van der Waals surface area contributed by atoms with Gasteiger partial charge in [-0.1, -0.05) is 41.9 Å². The molecule has 1 aliphatic heterocycles. The number of nitrogens with zero attached hydrogens (tertiary/aromatic N) is 5. The Bertz CT molecular complexity index is 1860. The van der Waals surface area contributed by atoms with E-state index < -0.39 is 0 Å². The summed E-state index contributed by atoms with van der Waals surface area (Å²) in [6.07, 6.45) is 1.58. The zero-order chi connectivity index (χ0) is 24.2. The van der Waals surface area contributed by atoms with Crippen molar-refractivity contribution in [2.45, 2.75) is 13.1 Å². The topological polar surface area (TPSA) is 84.1 Å². The van der Waals surface area contributed by atoms with Gasteiger partial charge >= 0.3 is 0 Å². The van der Waals surface area contributed by atoms with Crippen molar-refractivity contribution in [1.29, 1.82) is 0 Å². The van der Waals surface area contributed by atoms with Gasteiger partial charge < -0.3 is 14.0 Å². The molecule has 0 unspecified atom stereocenters. The van der Waals surface area contributed by atoms with E-state index in [1.54, 1.807) is 10.9 Å². The number of aromatic nitrogens is 5. The quantitative estimate of drug-likeness (QED) is 0.350. The van der Waals surface area contributed by atoms with E-state index in [1.807, 2.05) is 71.3 Å². The van der Waals surface area contributed by atoms with Crippen LogP contribution >= 0.6 is 11.6 Å². The molecule has 0 fully saturated rings. The predicted octanol–water partition coefficient (Wildman–Crippen LogP) is 4.77. The first-order chi connectivity index (χ1) is 17.6. The largest absolute Gasteiger partial charge is 0.454 e. The second kappa shape index (κ2) is 8.07. The standard InChI is InChI=1S/C27H18ClN5O3/c28-18-8-5-16(6-9-18)12-32-14-29-25-23(27(32)34)24-26(31-20-4-2-1-3-19(20)30-24)33(25)13-17-7-10-21-22(11-17)36-15-35-21/h1-11,14H,12-13,15H2. The van der Waals surface area contributed by atoms with Gasteiger partial charge in [-0.3, -0.25) is 9.36 Å². The summed E-state index contributed by atoms with van der Waals surface area (Å²) in [6.45, 7) is 1.02. The molecular formula is C27H18ClN5O3.